The molecule has 1 atom stereocenters. The van der Waals surface area contributed by atoms with E-state index in [1.807, 2.05) is 23.1 Å². The first-order valence-electron chi connectivity index (χ1n) is 8.94. The summed E-state index contributed by atoms with van der Waals surface area (Å²) < 4.78 is 0. The van der Waals surface area contributed by atoms with Crippen LogP contribution in [0.2, 0.25) is 0 Å². The Labute approximate surface area is 144 Å². The van der Waals surface area contributed by atoms with Crippen molar-refractivity contribution in [1.29, 1.82) is 0 Å². The number of benzene rings is 1. The van der Waals surface area contributed by atoms with Crippen LogP contribution in [0.4, 0.5) is 0 Å². The minimum atomic E-state index is 0.0936. The summed E-state index contributed by atoms with van der Waals surface area (Å²) in [6, 6.07) is 8.09. The van der Waals surface area contributed by atoms with Gasteiger partial charge in [-0.15, -0.1) is 0 Å². The van der Waals surface area contributed by atoms with Crippen molar-refractivity contribution >= 4 is 11.8 Å². The predicted octanol–water partition coefficient (Wildman–Crippen LogP) is 1.77. The third-order valence-electron chi connectivity index (χ3n) is 5.10. The first-order chi connectivity index (χ1) is 11.6. The average molecular weight is 329 g/mol. The number of carbonyl (C=O) groups excluding carboxylic acids is 2. The topological polar surface area (TPSA) is 52.7 Å². The highest BCUT2D eigenvalue weighted by Gasteiger charge is 2.24. The fraction of sp³-hybridized carbons (Fsp3) is 0.579. The summed E-state index contributed by atoms with van der Waals surface area (Å²) in [5, 5.41) is 3.10. The zero-order chi connectivity index (χ0) is 16.9. The quantitative estimate of drug-likeness (QED) is 0.896. The number of nitrogens with one attached hydrogen (secondary N) is 1. The van der Waals surface area contributed by atoms with Gasteiger partial charge in [-0.25, -0.2) is 0 Å². The molecule has 0 bridgehead atoms. The summed E-state index contributed by atoms with van der Waals surface area (Å²) in [4.78, 5) is 28.4. The minimum Gasteiger partial charge on any atom is -0.352 e. The lowest BCUT2D eigenvalue weighted by Crippen LogP contribution is -2.41. The predicted molar refractivity (Wildman–Crippen MR) is 93.2 cm³/mol. The van der Waals surface area contributed by atoms with Crippen LogP contribution < -0.4 is 5.32 Å². The molecule has 3 rings (SSSR count). The molecule has 1 aromatic rings. The Morgan fingerprint density at radius 2 is 2.00 bits per heavy atom. The van der Waals surface area contributed by atoms with Crippen LogP contribution in [0.3, 0.4) is 0 Å². The van der Waals surface area contributed by atoms with Gasteiger partial charge in [0.1, 0.15) is 0 Å². The van der Waals surface area contributed by atoms with Crippen LogP contribution in [0, 0.1) is 5.92 Å². The van der Waals surface area contributed by atoms with Crippen LogP contribution in [0.5, 0.6) is 0 Å². The van der Waals surface area contributed by atoms with Gasteiger partial charge in [-0.1, -0.05) is 24.3 Å². The molecular formula is C19H27N3O2. The van der Waals surface area contributed by atoms with Gasteiger partial charge in [0, 0.05) is 32.6 Å². The van der Waals surface area contributed by atoms with E-state index in [1.165, 1.54) is 0 Å². The number of nitrogens with zero attached hydrogens (tertiary/aromatic N) is 2. The second-order valence-corrected chi connectivity index (χ2v) is 7.01. The highest BCUT2D eigenvalue weighted by molar-refractivity contribution is 5.79. The molecule has 2 heterocycles. The minimum absolute atomic E-state index is 0.0936. The van der Waals surface area contributed by atoms with Gasteiger partial charge in [-0.3, -0.25) is 9.59 Å². The van der Waals surface area contributed by atoms with E-state index in [0.29, 0.717) is 19.5 Å². The Balaban J connectivity index is 1.58. The largest absolute Gasteiger partial charge is 0.352 e. The highest BCUT2D eigenvalue weighted by atomic mass is 16.2. The number of hydrogen-bond donors (Lipinski definition) is 1. The van der Waals surface area contributed by atoms with E-state index in [2.05, 4.69) is 23.3 Å². The van der Waals surface area contributed by atoms with E-state index in [-0.39, 0.29) is 17.7 Å². The van der Waals surface area contributed by atoms with Crippen LogP contribution in [-0.2, 0) is 22.7 Å². The second kappa shape index (κ2) is 7.79. The summed E-state index contributed by atoms with van der Waals surface area (Å²) in [7, 11) is 2.07. The van der Waals surface area contributed by atoms with Crippen LogP contribution >= 0.6 is 0 Å². The Morgan fingerprint density at radius 1 is 1.21 bits per heavy atom. The van der Waals surface area contributed by atoms with Crippen molar-refractivity contribution in [1.82, 2.24) is 15.1 Å². The van der Waals surface area contributed by atoms with Gasteiger partial charge in [-0.2, -0.15) is 0 Å². The Hall–Kier alpha value is -1.88. The van der Waals surface area contributed by atoms with Crippen molar-refractivity contribution in [2.45, 2.75) is 38.8 Å². The van der Waals surface area contributed by atoms with Crippen molar-refractivity contribution in [3.8, 4) is 0 Å². The normalized spacial score (nSPS) is 22.0. The van der Waals surface area contributed by atoms with Crippen LogP contribution in [0.15, 0.2) is 24.3 Å². The number of hydrogen-bond acceptors (Lipinski definition) is 3. The molecule has 2 saturated heterocycles. The number of likely N-dealkylation sites (tertiary alicyclic amines) is 2. The third-order valence-corrected chi connectivity index (χ3v) is 5.10. The molecule has 130 valence electrons. The Morgan fingerprint density at radius 3 is 2.71 bits per heavy atom. The van der Waals surface area contributed by atoms with Crippen molar-refractivity contribution in [3.05, 3.63) is 35.4 Å². The summed E-state index contributed by atoms with van der Waals surface area (Å²) in [5.41, 5.74) is 2.24. The molecule has 5 heteroatoms. The van der Waals surface area contributed by atoms with Crippen LogP contribution in [0.1, 0.15) is 36.8 Å². The molecule has 24 heavy (non-hydrogen) atoms. The van der Waals surface area contributed by atoms with Gasteiger partial charge in [0.15, 0.2) is 0 Å². The number of carbonyl (C=O) groups is 2. The first-order valence-corrected chi connectivity index (χ1v) is 8.94. The maximum Gasteiger partial charge on any atom is 0.224 e. The number of rotatable bonds is 5. The molecule has 1 N–H and O–H groups in total. The van der Waals surface area contributed by atoms with Gasteiger partial charge in [0.05, 0.1) is 5.92 Å². The zero-order valence-electron chi connectivity index (χ0n) is 14.5. The molecule has 0 spiro atoms. The molecule has 2 aliphatic heterocycles. The van der Waals surface area contributed by atoms with E-state index in [4.69, 9.17) is 0 Å². The highest BCUT2D eigenvalue weighted by Crippen LogP contribution is 2.18. The SMILES string of the molecule is CN1CCCC(C(=O)NCc2ccccc2CN2CCCC2=O)C1. The fourth-order valence-corrected chi connectivity index (χ4v) is 3.67. The van der Waals surface area contributed by atoms with E-state index in [1.54, 1.807) is 0 Å². The molecule has 0 saturated carbocycles. The zero-order valence-corrected chi connectivity index (χ0v) is 14.5. The lowest BCUT2D eigenvalue weighted by atomic mass is 9.97. The lowest BCUT2D eigenvalue weighted by Gasteiger charge is -2.28. The molecule has 0 radical (unpaired) electrons. The number of amides is 2. The van der Waals surface area contributed by atoms with Gasteiger partial charge < -0.3 is 15.1 Å². The molecule has 0 aromatic heterocycles. The summed E-state index contributed by atoms with van der Waals surface area (Å²) in [6.07, 6.45) is 3.67. The van der Waals surface area contributed by atoms with E-state index in [0.717, 1.165) is 50.0 Å². The Kier molecular flexibility index (Phi) is 5.51. The van der Waals surface area contributed by atoms with Gasteiger partial charge in [0.2, 0.25) is 11.8 Å². The molecule has 1 unspecified atom stereocenters. The fourth-order valence-electron chi connectivity index (χ4n) is 3.67. The molecule has 2 amide bonds. The number of piperidine rings is 1. The van der Waals surface area contributed by atoms with Crippen LogP contribution in [-0.4, -0.2) is 48.3 Å². The maximum absolute atomic E-state index is 12.4. The van der Waals surface area contributed by atoms with Crippen molar-refractivity contribution in [2.24, 2.45) is 5.92 Å². The summed E-state index contributed by atoms with van der Waals surface area (Å²) >= 11 is 0. The lowest BCUT2D eigenvalue weighted by molar-refractivity contribution is -0.128. The standard InChI is InChI=1S/C19H27N3O2/c1-21-10-4-8-17(13-21)19(24)20-12-15-6-2-3-7-16(15)14-22-11-5-9-18(22)23/h2-3,6-7,17H,4-5,8-14H2,1H3,(H,20,24). The monoisotopic (exact) mass is 329 g/mol. The van der Waals surface area contributed by atoms with E-state index >= 15 is 0 Å². The van der Waals surface area contributed by atoms with Crippen molar-refractivity contribution in [3.63, 3.8) is 0 Å². The molecule has 2 fully saturated rings. The van der Waals surface area contributed by atoms with E-state index in [9.17, 15) is 9.59 Å². The maximum atomic E-state index is 12.4. The van der Waals surface area contributed by atoms with Gasteiger partial charge in [0.25, 0.3) is 0 Å². The summed E-state index contributed by atoms with van der Waals surface area (Å²) in [6.45, 7) is 3.95. The first kappa shape index (κ1) is 17.0. The van der Waals surface area contributed by atoms with Crippen LogP contribution in [0.25, 0.3) is 0 Å². The smallest absolute Gasteiger partial charge is 0.224 e. The van der Waals surface area contributed by atoms with Crippen molar-refractivity contribution < 1.29 is 9.59 Å². The molecule has 0 aliphatic carbocycles. The van der Waals surface area contributed by atoms with Crippen molar-refractivity contribution in [2.75, 3.05) is 26.7 Å². The molecular weight excluding hydrogens is 302 g/mol. The van der Waals surface area contributed by atoms with E-state index < -0.39 is 0 Å². The molecule has 5 nitrogen and oxygen atoms in total. The Bertz CT molecular complexity index is 602. The van der Waals surface area contributed by atoms with Gasteiger partial charge in [-0.05, 0) is 44.0 Å². The molecule has 2 aliphatic rings. The third kappa shape index (κ3) is 4.15. The summed E-state index contributed by atoms with van der Waals surface area (Å²) in [5.74, 6) is 0.476. The second-order valence-electron chi connectivity index (χ2n) is 7.01. The van der Waals surface area contributed by atoms with Gasteiger partial charge >= 0.3 is 0 Å². The average Bonchev–Trinajstić information content (AvgIpc) is 2.99. The molecule has 1 aromatic carbocycles.